The Labute approximate surface area is 72.2 Å². The molecule has 0 bridgehead atoms. The maximum atomic E-state index is 12.6. The lowest BCUT2D eigenvalue weighted by atomic mass is 10.2. The summed E-state index contributed by atoms with van der Waals surface area (Å²) >= 11 is 0. The minimum Gasteiger partial charge on any atom is -0.507 e. The van der Waals surface area contributed by atoms with Crippen LogP contribution in [0.1, 0.15) is 0 Å². The zero-order chi connectivity index (χ0) is 9.26. The summed E-state index contributed by atoms with van der Waals surface area (Å²) in [5, 5.41) is 22.0. The Bertz CT molecular complexity index is 414. The lowest BCUT2D eigenvalue weighted by Gasteiger charge is -1.98. The third-order valence-corrected chi connectivity index (χ3v) is 1.56. The van der Waals surface area contributed by atoms with Crippen LogP contribution in [0, 0.1) is 5.82 Å². The molecule has 2 rings (SSSR count). The van der Waals surface area contributed by atoms with Crippen LogP contribution in [-0.2, 0) is 0 Å². The van der Waals surface area contributed by atoms with Crippen LogP contribution >= 0.6 is 0 Å². The van der Waals surface area contributed by atoms with Crippen molar-refractivity contribution in [3.63, 3.8) is 0 Å². The molecule has 0 spiro atoms. The van der Waals surface area contributed by atoms with Crippen LogP contribution in [0.3, 0.4) is 0 Å². The molecule has 66 valence electrons. The molecule has 0 aliphatic rings. The van der Waals surface area contributed by atoms with Crippen molar-refractivity contribution in [3.8, 4) is 17.1 Å². The topological polar surface area (TPSA) is 74.7 Å². The van der Waals surface area contributed by atoms with Crippen molar-refractivity contribution in [1.82, 2.24) is 20.6 Å². The average molecular weight is 180 g/mol. The number of H-pyrrole nitrogens is 1. The Balaban J connectivity index is 2.53. The van der Waals surface area contributed by atoms with Crippen molar-refractivity contribution < 1.29 is 9.50 Å². The van der Waals surface area contributed by atoms with Crippen molar-refractivity contribution in [1.29, 1.82) is 0 Å². The predicted molar refractivity (Wildman–Crippen MR) is 41.2 cm³/mol. The van der Waals surface area contributed by atoms with Crippen molar-refractivity contribution in [3.05, 3.63) is 24.0 Å². The molecule has 1 heterocycles. The van der Waals surface area contributed by atoms with E-state index in [4.69, 9.17) is 0 Å². The quantitative estimate of drug-likeness (QED) is 0.677. The lowest BCUT2D eigenvalue weighted by molar-refractivity contribution is 0.470. The van der Waals surface area contributed by atoms with Gasteiger partial charge in [-0.1, -0.05) is 0 Å². The molecule has 0 fully saturated rings. The number of aromatic hydroxyl groups is 1. The maximum Gasteiger partial charge on any atom is 0.183 e. The van der Waals surface area contributed by atoms with Gasteiger partial charge in [0.15, 0.2) is 5.82 Å². The normalized spacial score (nSPS) is 10.2. The number of tetrazole rings is 1. The monoisotopic (exact) mass is 180 g/mol. The smallest absolute Gasteiger partial charge is 0.183 e. The highest BCUT2D eigenvalue weighted by molar-refractivity contribution is 5.62. The molecule has 0 saturated carbocycles. The summed E-state index contributed by atoms with van der Waals surface area (Å²) in [5.41, 5.74) is 0.367. The van der Waals surface area contributed by atoms with Crippen molar-refractivity contribution >= 4 is 0 Å². The number of rotatable bonds is 1. The molecule has 2 N–H and O–H groups in total. The number of hydrogen-bond donors (Lipinski definition) is 2. The number of phenolic OH excluding ortho intramolecular Hbond substituents is 1. The highest BCUT2D eigenvalue weighted by Crippen LogP contribution is 2.25. The minimum absolute atomic E-state index is 0.196. The van der Waals surface area contributed by atoms with Gasteiger partial charge < -0.3 is 5.11 Å². The number of nitrogens with zero attached hydrogens (tertiary/aromatic N) is 3. The zero-order valence-electron chi connectivity index (χ0n) is 6.40. The van der Waals surface area contributed by atoms with Gasteiger partial charge >= 0.3 is 0 Å². The van der Waals surface area contributed by atoms with Crippen LogP contribution in [0.4, 0.5) is 4.39 Å². The number of nitrogens with one attached hydrogen (secondary N) is 1. The van der Waals surface area contributed by atoms with Crippen molar-refractivity contribution in [2.45, 2.75) is 0 Å². The van der Waals surface area contributed by atoms with Crippen LogP contribution < -0.4 is 0 Å². The molecule has 6 heteroatoms. The van der Waals surface area contributed by atoms with Gasteiger partial charge in [0.05, 0.1) is 5.56 Å². The molecular weight excluding hydrogens is 175 g/mol. The highest BCUT2D eigenvalue weighted by atomic mass is 19.1. The average Bonchev–Trinajstić information content (AvgIpc) is 2.56. The van der Waals surface area contributed by atoms with Gasteiger partial charge in [-0.05, 0) is 22.6 Å². The van der Waals surface area contributed by atoms with E-state index in [9.17, 15) is 9.50 Å². The maximum absolute atomic E-state index is 12.6. The Morgan fingerprint density at radius 3 is 2.85 bits per heavy atom. The summed E-state index contributed by atoms with van der Waals surface area (Å²) in [6, 6.07) is 3.61. The van der Waals surface area contributed by atoms with E-state index in [2.05, 4.69) is 20.6 Å². The summed E-state index contributed by atoms with van der Waals surface area (Å²) in [7, 11) is 0. The highest BCUT2D eigenvalue weighted by Gasteiger charge is 2.07. The molecule has 0 aliphatic carbocycles. The van der Waals surface area contributed by atoms with Crippen LogP contribution in [0.25, 0.3) is 11.4 Å². The summed E-state index contributed by atoms with van der Waals surface area (Å²) in [4.78, 5) is 0. The molecule has 13 heavy (non-hydrogen) atoms. The Morgan fingerprint density at radius 2 is 2.23 bits per heavy atom. The van der Waals surface area contributed by atoms with Gasteiger partial charge in [0, 0.05) is 6.07 Å². The van der Waals surface area contributed by atoms with Crippen LogP contribution in [0.15, 0.2) is 18.2 Å². The number of aromatic nitrogens is 4. The standard InChI is InChI=1S/C7H5FN4O/c8-4-1-2-5(6(13)3-4)7-9-11-12-10-7/h1-3,13H,(H,9,10,11,12). The van der Waals surface area contributed by atoms with Gasteiger partial charge in [0.1, 0.15) is 11.6 Å². The van der Waals surface area contributed by atoms with E-state index in [1.54, 1.807) is 0 Å². The second-order valence-electron chi connectivity index (χ2n) is 2.41. The second kappa shape index (κ2) is 2.81. The number of halogens is 1. The largest absolute Gasteiger partial charge is 0.507 e. The molecule has 0 atom stereocenters. The van der Waals surface area contributed by atoms with E-state index in [0.29, 0.717) is 11.4 Å². The minimum atomic E-state index is -0.506. The Hall–Kier alpha value is -1.98. The van der Waals surface area contributed by atoms with E-state index in [-0.39, 0.29) is 5.75 Å². The molecule has 0 saturated heterocycles. The lowest BCUT2D eigenvalue weighted by Crippen LogP contribution is -1.83. The van der Waals surface area contributed by atoms with Gasteiger partial charge in [-0.15, -0.1) is 5.10 Å². The van der Waals surface area contributed by atoms with Crippen LogP contribution in [0.5, 0.6) is 5.75 Å². The fraction of sp³-hybridized carbons (Fsp3) is 0. The SMILES string of the molecule is Oc1cc(F)ccc1-c1nnn[nH]1. The first-order valence-electron chi connectivity index (χ1n) is 3.50. The Kier molecular flexibility index (Phi) is 1.66. The summed E-state index contributed by atoms with van der Waals surface area (Å²) < 4.78 is 12.6. The van der Waals surface area contributed by atoms with E-state index < -0.39 is 5.82 Å². The summed E-state index contributed by atoms with van der Waals surface area (Å²) in [5.74, 6) is -0.398. The van der Waals surface area contributed by atoms with Gasteiger partial charge in [0.25, 0.3) is 0 Å². The van der Waals surface area contributed by atoms with E-state index in [0.717, 1.165) is 6.07 Å². The Morgan fingerprint density at radius 1 is 1.38 bits per heavy atom. The number of aromatic amines is 1. The van der Waals surface area contributed by atoms with Crippen LogP contribution in [0.2, 0.25) is 0 Å². The summed E-state index contributed by atoms with van der Waals surface area (Å²) in [6.45, 7) is 0. The van der Waals surface area contributed by atoms with Gasteiger partial charge in [-0.25, -0.2) is 9.49 Å². The van der Waals surface area contributed by atoms with Crippen molar-refractivity contribution in [2.24, 2.45) is 0 Å². The van der Waals surface area contributed by atoms with Gasteiger partial charge in [0.2, 0.25) is 0 Å². The fourth-order valence-corrected chi connectivity index (χ4v) is 0.978. The number of hydrogen-bond acceptors (Lipinski definition) is 4. The van der Waals surface area contributed by atoms with Gasteiger partial charge in [-0.3, -0.25) is 0 Å². The molecule has 1 aromatic carbocycles. The first kappa shape index (κ1) is 7.66. The second-order valence-corrected chi connectivity index (χ2v) is 2.41. The molecule has 0 aliphatic heterocycles. The first-order valence-corrected chi connectivity index (χ1v) is 3.50. The first-order chi connectivity index (χ1) is 6.27. The van der Waals surface area contributed by atoms with Gasteiger partial charge in [-0.2, -0.15) is 0 Å². The van der Waals surface area contributed by atoms with E-state index in [1.807, 2.05) is 0 Å². The molecular formula is C7H5FN4O. The third kappa shape index (κ3) is 1.33. The molecule has 1 aromatic heterocycles. The number of phenols is 1. The molecule has 0 unspecified atom stereocenters. The van der Waals surface area contributed by atoms with E-state index in [1.165, 1.54) is 12.1 Å². The van der Waals surface area contributed by atoms with E-state index >= 15 is 0 Å². The fourth-order valence-electron chi connectivity index (χ4n) is 0.978. The molecule has 2 aromatic rings. The molecule has 0 radical (unpaired) electrons. The summed E-state index contributed by atoms with van der Waals surface area (Å²) in [6.07, 6.45) is 0. The molecule has 5 nitrogen and oxygen atoms in total. The predicted octanol–water partition coefficient (Wildman–Crippen LogP) is 0.711. The van der Waals surface area contributed by atoms with Crippen LogP contribution in [-0.4, -0.2) is 25.7 Å². The third-order valence-electron chi connectivity index (χ3n) is 1.56. The zero-order valence-corrected chi connectivity index (χ0v) is 6.40. The number of benzene rings is 1. The molecule has 0 amide bonds. The van der Waals surface area contributed by atoms with Crippen molar-refractivity contribution in [2.75, 3.05) is 0 Å².